The molecule has 0 saturated carbocycles. The molecule has 1 N–H and O–H groups in total. The zero-order valence-electron chi connectivity index (χ0n) is 20.5. The monoisotopic (exact) mass is 536 g/mol. The molecule has 0 spiro atoms. The van der Waals surface area contributed by atoms with E-state index in [-0.39, 0.29) is 0 Å². The Bertz CT molecular complexity index is 1490. The summed E-state index contributed by atoms with van der Waals surface area (Å²) >= 11 is 8.19. The standard InChI is InChI=1S/C32H25ClN2O2S/c33-29-19-11-10-18-26(29)27-20-32(25-16-8-3-9-17-25,37-31(36)24-14-6-2-7-15-24)35-30(28(27)21-34)38-22-23-12-4-1-5-13-23/h1-19,27,35H,20,22H2/t27-,32+/m0/s1. The Morgan fingerprint density at radius 1 is 0.921 bits per heavy atom. The molecule has 1 aliphatic heterocycles. The summed E-state index contributed by atoms with van der Waals surface area (Å²) in [4.78, 5) is 13.5. The van der Waals surface area contributed by atoms with Crippen LogP contribution in [0.2, 0.25) is 5.02 Å². The van der Waals surface area contributed by atoms with Crippen LogP contribution in [0.1, 0.15) is 39.4 Å². The smallest absolute Gasteiger partial charge is 0.340 e. The highest BCUT2D eigenvalue weighted by molar-refractivity contribution is 8.02. The Kier molecular flexibility index (Phi) is 7.83. The molecule has 6 heteroatoms. The van der Waals surface area contributed by atoms with Gasteiger partial charge in [-0.05, 0) is 29.3 Å². The van der Waals surface area contributed by atoms with Crippen molar-refractivity contribution in [1.82, 2.24) is 5.32 Å². The van der Waals surface area contributed by atoms with E-state index in [1.807, 2.05) is 103 Å². The number of rotatable bonds is 7. The quantitative estimate of drug-likeness (QED) is 0.244. The third kappa shape index (κ3) is 5.47. The Morgan fingerprint density at radius 2 is 1.53 bits per heavy atom. The number of hydrogen-bond donors (Lipinski definition) is 1. The Balaban J connectivity index is 1.63. The van der Waals surface area contributed by atoms with E-state index in [0.717, 1.165) is 16.7 Å². The van der Waals surface area contributed by atoms with Crippen LogP contribution < -0.4 is 5.32 Å². The second-order valence-corrected chi connectivity index (χ2v) is 10.4. The molecule has 0 amide bonds. The second kappa shape index (κ2) is 11.6. The molecule has 0 radical (unpaired) electrons. The molecule has 38 heavy (non-hydrogen) atoms. The Labute approximate surface area is 231 Å². The number of benzene rings is 4. The van der Waals surface area contributed by atoms with Crippen LogP contribution in [0, 0.1) is 11.3 Å². The summed E-state index contributed by atoms with van der Waals surface area (Å²) in [5.74, 6) is -0.203. The average molecular weight is 537 g/mol. The zero-order chi connectivity index (χ0) is 26.4. The normalized spacial score (nSPS) is 18.8. The molecule has 2 atom stereocenters. The van der Waals surface area contributed by atoms with Crippen molar-refractivity contribution in [3.63, 3.8) is 0 Å². The number of halogens is 1. The molecule has 188 valence electrons. The minimum atomic E-state index is -1.22. The van der Waals surface area contributed by atoms with Crippen LogP contribution in [0.25, 0.3) is 0 Å². The molecule has 0 aromatic heterocycles. The molecule has 4 aromatic carbocycles. The molecule has 0 bridgehead atoms. The van der Waals surface area contributed by atoms with Crippen LogP contribution in [0.15, 0.2) is 126 Å². The highest BCUT2D eigenvalue weighted by atomic mass is 35.5. The van der Waals surface area contributed by atoms with Gasteiger partial charge < -0.3 is 10.1 Å². The van der Waals surface area contributed by atoms with Gasteiger partial charge in [-0.1, -0.05) is 109 Å². The van der Waals surface area contributed by atoms with E-state index in [1.165, 1.54) is 11.8 Å². The van der Waals surface area contributed by atoms with Gasteiger partial charge >= 0.3 is 5.97 Å². The van der Waals surface area contributed by atoms with Gasteiger partial charge in [-0.25, -0.2) is 4.79 Å². The first-order valence-electron chi connectivity index (χ1n) is 12.3. The van der Waals surface area contributed by atoms with E-state index in [1.54, 1.807) is 12.1 Å². The lowest BCUT2D eigenvalue weighted by Crippen LogP contribution is -2.49. The summed E-state index contributed by atoms with van der Waals surface area (Å²) in [5, 5.41) is 15.1. The number of allylic oxidation sites excluding steroid dienone is 1. The van der Waals surface area contributed by atoms with Gasteiger partial charge in [0.15, 0.2) is 0 Å². The maximum atomic E-state index is 13.5. The fourth-order valence-electron chi connectivity index (χ4n) is 4.66. The third-order valence-corrected chi connectivity index (χ3v) is 7.98. The molecule has 1 aliphatic rings. The number of thioether (sulfide) groups is 1. The number of carbonyl (C=O) groups excluding carboxylic acids is 1. The Hall–Kier alpha value is -3.98. The van der Waals surface area contributed by atoms with Crippen LogP contribution in [0.3, 0.4) is 0 Å². The van der Waals surface area contributed by atoms with Gasteiger partial charge in [0.1, 0.15) is 0 Å². The number of nitrogens with one attached hydrogen (secondary N) is 1. The van der Waals surface area contributed by atoms with Gasteiger partial charge in [0.25, 0.3) is 0 Å². The molecule has 1 heterocycles. The molecule has 0 aliphatic carbocycles. The fourth-order valence-corrected chi connectivity index (χ4v) is 6.01. The summed E-state index contributed by atoms with van der Waals surface area (Å²) in [6, 6.07) is 38.6. The summed E-state index contributed by atoms with van der Waals surface area (Å²) < 4.78 is 6.37. The van der Waals surface area contributed by atoms with Crippen LogP contribution in [0.4, 0.5) is 0 Å². The number of hydrogen-bond acceptors (Lipinski definition) is 5. The molecule has 0 fully saturated rings. The lowest BCUT2D eigenvalue weighted by Gasteiger charge is -2.43. The van der Waals surface area contributed by atoms with Crippen LogP contribution in [-0.4, -0.2) is 5.97 Å². The first-order chi connectivity index (χ1) is 18.6. The van der Waals surface area contributed by atoms with Crippen molar-refractivity contribution in [3.05, 3.63) is 153 Å². The van der Waals surface area contributed by atoms with Crippen molar-refractivity contribution in [2.45, 2.75) is 23.8 Å². The van der Waals surface area contributed by atoms with E-state index < -0.39 is 17.6 Å². The lowest BCUT2D eigenvalue weighted by atomic mass is 9.80. The molecular formula is C32H25ClN2O2S. The van der Waals surface area contributed by atoms with Crippen molar-refractivity contribution >= 4 is 29.3 Å². The van der Waals surface area contributed by atoms with Crippen LogP contribution in [0.5, 0.6) is 0 Å². The number of carbonyl (C=O) groups is 1. The molecule has 5 rings (SSSR count). The fraction of sp³-hybridized carbons (Fsp3) is 0.125. The maximum Gasteiger partial charge on any atom is 0.340 e. The SMILES string of the molecule is N#CC1=C(SCc2ccccc2)N[C@](OC(=O)c2ccccc2)(c2ccccc2)C[C@H]1c1ccccc1Cl. The lowest BCUT2D eigenvalue weighted by molar-refractivity contribution is -0.0455. The minimum Gasteiger partial charge on any atom is -0.431 e. The van der Waals surface area contributed by atoms with Crippen molar-refractivity contribution in [2.24, 2.45) is 0 Å². The van der Waals surface area contributed by atoms with Crippen molar-refractivity contribution in [1.29, 1.82) is 5.26 Å². The highest BCUT2D eigenvalue weighted by Crippen LogP contribution is 2.48. The predicted octanol–water partition coefficient (Wildman–Crippen LogP) is 7.80. The van der Waals surface area contributed by atoms with Crippen molar-refractivity contribution < 1.29 is 9.53 Å². The molecule has 0 unspecified atom stereocenters. The topological polar surface area (TPSA) is 62.1 Å². The van der Waals surface area contributed by atoms with Gasteiger partial charge in [0.2, 0.25) is 5.72 Å². The summed E-state index contributed by atoms with van der Waals surface area (Å²) in [7, 11) is 0. The average Bonchev–Trinajstić information content (AvgIpc) is 2.97. The van der Waals surface area contributed by atoms with Gasteiger partial charge in [0.05, 0.1) is 22.2 Å². The summed E-state index contributed by atoms with van der Waals surface area (Å²) in [6.07, 6.45) is 0.303. The van der Waals surface area contributed by atoms with Gasteiger partial charge in [0, 0.05) is 28.7 Å². The van der Waals surface area contributed by atoms with Gasteiger partial charge in [-0.3, -0.25) is 0 Å². The number of nitrogens with zero attached hydrogens (tertiary/aromatic N) is 1. The molecule has 4 nitrogen and oxygen atoms in total. The highest BCUT2D eigenvalue weighted by Gasteiger charge is 2.46. The Morgan fingerprint density at radius 3 is 2.18 bits per heavy atom. The van der Waals surface area contributed by atoms with Crippen molar-refractivity contribution in [3.8, 4) is 6.07 Å². The summed E-state index contributed by atoms with van der Waals surface area (Å²) in [5.41, 5.74) is 2.53. The number of nitriles is 1. The van der Waals surface area contributed by atoms with Crippen molar-refractivity contribution in [2.75, 3.05) is 0 Å². The van der Waals surface area contributed by atoms with Gasteiger partial charge in [-0.15, -0.1) is 11.8 Å². The van der Waals surface area contributed by atoms with E-state index in [4.69, 9.17) is 16.3 Å². The van der Waals surface area contributed by atoms with E-state index >= 15 is 0 Å². The number of ether oxygens (including phenoxy) is 1. The maximum absolute atomic E-state index is 13.5. The van der Waals surface area contributed by atoms with Crippen LogP contribution >= 0.6 is 23.4 Å². The largest absolute Gasteiger partial charge is 0.431 e. The molecule has 0 saturated heterocycles. The van der Waals surface area contributed by atoms with Gasteiger partial charge in [-0.2, -0.15) is 5.26 Å². The zero-order valence-corrected chi connectivity index (χ0v) is 22.1. The number of esters is 1. The van der Waals surface area contributed by atoms with E-state index in [9.17, 15) is 10.1 Å². The molecular weight excluding hydrogens is 512 g/mol. The first kappa shape index (κ1) is 25.7. The third-order valence-electron chi connectivity index (χ3n) is 6.54. The van der Waals surface area contributed by atoms with E-state index in [0.29, 0.717) is 33.4 Å². The predicted molar refractivity (Wildman–Crippen MR) is 152 cm³/mol. The minimum absolute atomic E-state index is 0.303. The molecule has 4 aromatic rings. The second-order valence-electron chi connectivity index (χ2n) is 8.98. The first-order valence-corrected chi connectivity index (χ1v) is 13.6. The summed E-state index contributed by atoms with van der Waals surface area (Å²) in [6.45, 7) is 0. The van der Waals surface area contributed by atoms with Crippen LogP contribution in [-0.2, 0) is 16.2 Å². The van der Waals surface area contributed by atoms with E-state index in [2.05, 4.69) is 11.4 Å².